The van der Waals surface area contributed by atoms with E-state index in [2.05, 4.69) is 10.2 Å². The van der Waals surface area contributed by atoms with Crippen molar-refractivity contribution in [1.29, 1.82) is 0 Å². The van der Waals surface area contributed by atoms with Gasteiger partial charge in [0, 0.05) is 25.4 Å². The van der Waals surface area contributed by atoms with E-state index < -0.39 is 27.6 Å². The fraction of sp³-hybridized carbons (Fsp3) is 0.556. The molecule has 2 heterocycles. The molecule has 0 saturated heterocycles. The van der Waals surface area contributed by atoms with Crippen LogP contribution in [0.1, 0.15) is 13.3 Å². The summed E-state index contributed by atoms with van der Waals surface area (Å²) >= 11 is 4.86. The second-order valence-electron chi connectivity index (χ2n) is 4.42. The fourth-order valence-corrected chi connectivity index (χ4v) is 3.48. The van der Waals surface area contributed by atoms with E-state index >= 15 is 0 Å². The van der Waals surface area contributed by atoms with Gasteiger partial charge in [-0.05, 0) is 18.5 Å². The summed E-state index contributed by atoms with van der Waals surface area (Å²) in [5.41, 5.74) is -3.13. The van der Waals surface area contributed by atoms with Gasteiger partial charge in [0.05, 0.1) is 6.20 Å². The Morgan fingerprint density at radius 3 is 2.60 bits per heavy atom. The summed E-state index contributed by atoms with van der Waals surface area (Å²) in [7, 11) is -3.04. The van der Waals surface area contributed by atoms with E-state index in [9.17, 15) is 22.3 Å². The molecule has 0 saturated carbocycles. The first-order valence-corrected chi connectivity index (χ1v) is 7.17. The molecule has 0 spiro atoms. The zero-order valence-electron chi connectivity index (χ0n) is 10.5. The number of hydrazone groups is 1. The largest absolute Gasteiger partial charge is 0.371 e. The Morgan fingerprint density at radius 1 is 1.55 bits per heavy atom. The van der Waals surface area contributed by atoms with Crippen LogP contribution in [-0.2, 0) is 17.1 Å². The lowest BCUT2D eigenvalue weighted by atomic mass is 10.1. The molecule has 0 fully saturated rings. The van der Waals surface area contributed by atoms with Crippen molar-refractivity contribution >= 4 is 27.3 Å². The van der Waals surface area contributed by atoms with Crippen LogP contribution in [0.3, 0.4) is 0 Å². The van der Waals surface area contributed by atoms with Crippen molar-refractivity contribution in [3.63, 3.8) is 0 Å². The standard InChI is InChI=1S/C9H11ClF2N4O3S/c1-6-3-8(17,9(10,11)12)16(14-6)20(18,19)7-4-13-15(2)5-7/h4-5,17H,3H2,1-2H3/t8-/m1/s1. The lowest BCUT2D eigenvalue weighted by molar-refractivity contribution is -0.175. The van der Waals surface area contributed by atoms with Crippen LogP contribution in [0.4, 0.5) is 8.78 Å². The highest BCUT2D eigenvalue weighted by molar-refractivity contribution is 7.89. The molecule has 1 N–H and O–H groups in total. The van der Waals surface area contributed by atoms with Crippen molar-refractivity contribution in [2.75, 3.05) is 0 Å². The van der Waals surface area contributed by atoms with Gasteiger partial charge in [0.25, 0.3) is 15.7 Å². The molecule has 11 heteroatoms. The molecule has 0 aliphatic carbocycles. The molecule has 1 aliphatic heterocycles. The van der Waals surface area contributed by atoms with Crippen LogP contribution < -0.4 is 0 Å². The minimum Gasteiger partial charge on any atom is -0.363 e. The highest BCUT2D eigenvalue weighted by atomic mass is 35.5. The first kappa shape index (κ1) is 15.1. The minimum atomic E-state index is -4.49. The number of alkyl halides is 3. The van der Waals surface area contributed by atoms with Gasteiger partial charge in [-0.3, -0.25) is 4.68 Å². The Bertz CT molecular complexity index is 669. The Kier molecular flexibility index (Phi) is 3.30. The van der Waals surface area contributed by atoms with E-state index in [-0.39, 0.29) is 15.0 Å². The highest BCUT2D eigenvalue weighted by Crippen LogP contribution is 2.44. The van der Waals surface area contributed by atoms with Gasteiger partial charge in [-0.1, -0.05) is 0 Å². The number of nitrogens with zero attached hydrogens (tertiary/aromatic N) is 4. The maximum Gasteiger partial charge on any atom is 0.371 e. The third kappa shape index (κ3) is 2.17. The van der Waals surface area contributed by atoms with Crippen molar-refractivity contribution in [1.82, 2.24) is 14.2 Å². The maximum atomic E-state index is 13.4. The van der Waals surface area contributed by atoms with Crippen molar-refractivity contribution in [3.05, 3.63) is 12.4 Å². The van der Waals surface area contributed by atoms with E-state index in [4.69, 9.17) is 11.6 Å². The summed E-state index contributed by atoms with van der Waals surface area (Å²) < 4.78 is 52.5. The van der Waals surface area contributed by atoms with Crippen molar-refractivity contribution < 1.29 is 22.3 Å². The molecule has 2 rings (SSSR count). The Balaban J connectivity index is 2.55. The average molecular weight is 329 g/mol. The Morgan fingerprint density at radius 2 is 2.15 bits per heavy atom. The van der Waals surface area contributed by atoms with Crippen molar-refractivity contribution in [2.24, 2.45) is 12.1 Å². The van der Waals surface area contributed by atoms with Crippen LogP contribution in [0, 0.1) is 0 Å². The summed E-state index contributed by atoms with van der Waals surface area (Å²) in [5.74, 6) is 0. The third-order valence-corrected chi connectivity index (χ3v) is 4.69. The molecule has 0 unspecified atom stereocenters. The molecule has 0 aromatic carbocycles. The van der Waals surface area contributed by atoms with Gasteiger partial charge in [0.2, 0.25) is 0 Å². The van der Waals surface area contributed by atoms with Crippen molar-refractivity contribution in [2.45, 2.75) is 29.3 Å². The summed E-state index contributed by atoms with van der Waals surface area (Å²) in [6.07, 6.45) is 1.37. The highest BCUT2D eigenvalue weighted by Gasteiger charge is 2.62. The lowest BCUT2D eigenvalue weighted by Crippen LogP contribution is -2.55. The quantitative estimate of drug-likeness (QED) is 0.828. The molecule has 7 nitrogen and oxygen atoms in total. The van der Waals surface area contributed by atoms with Gasteiger partial charge >= 0.3 is 5.38 Å². The first-order valence-electron chi connectivity index (χ1n) is 5.36. The topological polar surface area (TPSA) is 87.8 Å². The molecule has 112 valence electrons. The lowest BCUT2D eigenvalue weighted by Gasteiger charge is -2.33. The molecule has 0 radical (unpaired) electrons. The number of aryl methyl sites for hydroxylation is 1. The van der Waals surface area contributed by atoms with E-state index in [1.807, 2.05) is 0 Å². The van der Waals surface area contributed by atoms with Gasteiger partial charge in [-0.25, -0.2) is 0 Å². The Labute approximate surface area is 118 Å². The monoisotopic (exact) mass is 328 g/mol. The van der Waals surface area contributed by atoms with Crippen molar-refractivity contribution in [3.8, 4) is 0 Å². The van der Waals surface area contributed by atoms with Gasteiger partial charge < -0.3 is 5.11 Å². The van der Waals surface area contributed by atoms with Gasteiger partial charge in [0.15, 0.2) is 0 Å². The van der Waals surface area contributed by atoms with Gasteiger partial charge in [0.1, 0.15) is 4.90 Å². The summed E-state index contributed by atoms with van der Waals surface area (Å²) in [6.45, 7) is 1.31. The van der Waals surface area contributed by atoms with Crippen LogP contribution in [0.2, 0.25) is 0 Å². The van der Waals surface area contributed by atoms with Crippen LogP contribution >= 0.6 is 11.6 Å². The third-order valence-electron chi connectivity index (χ3n) is 2.74. The molecule has 20 heavy (non-hydrogen) atoms. The van der Waals surface area contributed by atoms with Gasteiger partial charge in [-0.15, -0.1) is 4.41 Å². The predicted molar refractivity (Wildman–Crippen MR) is 65.7 cm³/mol. The number of halogens is 3. The van der Waals surface area contributed by atoms with E-state index in [1.54, 1.807) is 0 Å². The average Bonchev–Trinajstić information content (AvgIpc) is 2.83. The number of rotatable bonds is 3. The number of aliphatic hydroxyl groups is 1. The molecule has 1 aliphatic rings. The van der Waals surface area contributed by atoms with Gasteiger partial charge in [-0.2, -0.15) is 27.4 Å². The fourth-order valence-electron chi connectivity index (χ4n) is 1.79. The normalized spacial score (nSPS) is 24.1. The van der Waals surface area contributed by atoms with Crippen LogP contribution in [0.5, 0.6) is 0 Å². The zero-order chi connectivity index (χ0) is 15.3. The number of sulfonamides is 1. The SMILES string of the molecule is CC1=NN(S(=O)(=O)c2cnn(C)c2)[C@](O)(C(F)(F)Cl)C1. The molecule has 1 atom stereocenters. The zero-order valence-corrected chi connectivity index (χ0v) is 12.0. The summed E-state index contributed by atoms with van der Waals surface area (Å²) in [5, 5.41) is 12.9. The smallest absolute Gasteiger partial charge is 0.363 e. The number of aromatic nitrogens is 2. The van der Waals surface area contributed by atoms with Crippen LogP contribution in [0.25, 0.3) is 0 Å². The second-order valence-corrected chi connectivity index (χ2v) is 6.67. The summed E-state index contributed by atoms with van der Waals surface area (Å²) in [4.78, 5) is -0.377. The maximum absolute atomic E-state index is 13.4. The number of hydrogen-bond acceptors (Lipinski definition) is 5. The molecule has 0 amide bonds. The predicted octanol–water partition coefficient (Wildman–Crippen LogP) is 0.711. The molecule has 1 aromatic heterocycles. The van der Waals surface area contributed by atoms with E-state index in [1.165, 1.54) is 18.7 Å². The molecular weight excluding hydrogens is 318 g/mol. The summed E-state index contributed by atoms with van der Waals surface area (Å²) in [6, 6.07) is 0. The van der Waals surface area contributed by atoms with E-state index in [0.717, 1.165) is 12.4 Å². The van der Waals surface area contributed by atoms with Crippen LogP contribution in [0.15, 0.2) is 22.4 Å². The Hall–Kier alpha value is -1.26. The van der Waals surface area contributed by atoms with E-state index in [0.29, 0.717) is 0 Å². The minimum absolute atomic E-state index is 0.0142. The molecule has 1 aromatic rings. The molecular formula is C9H11ClF2N4O3S. The first-order chi connectivity index (χ1) is 8.98. The van der Waals surface area contributed by atoms with Crippen LogP contribution in [-0.4, -0.2) is 44.5 Å². The second kappa shape index (κ2) is 4.37. The number of hydrogen-bond donors (Lipinski definition) is 1. The molecule has 0 bridgehead atoms.